The molecule has 0 amide bonds. The third-order valence-corrected chi connectivity index (χ3v) is 4.21. The van der Waals surface area contributed by atoms with Gasteiger partial charge in [-0.1, -0.05) is 12.1 Å². The first-order chi connectivity index (χ1) is 11.0. The van der Waals surface area contributed by atoms with Crippen LogP contribution in [0.25, 0.3) is 0 Å². The van der Waals surface area contributed by atoms with Crippen molar-refractivity contribution in [2.75, 3.05) is 5.32 Å². The predicted molar refractivity (Wildman–Crippen MR) is 104 cm³/mol. The fourth-order valence-electron chi connectivity index (χ4n) is 2.68. The number of nitrogens with two attached hydrogens (primary N) is 1. The summed E-state index contributed by atoms with van der Waals surface area (Å²) in [6.45, 7) is 4.06. The summed E-state index contributed by atoms with van der Waals surface area (Å²) in [7, 11) is 0. The van der Waals surface area contributed by atoms with E-state index in [1.165, 1.54) is 23.8 Å². The van der Waals surface area contributed by atoms with Gasteiger partial charge < -0.3 is 11.1 Å². The molecule has 1 saturated carbocycles. The normalized spacial score (nSPS) is 19.6. The first-order valence-corrected chi connectivity index (χ1v) is 7.57. The lowest BCUT2D eigenvalue weighted by atomic mass is 10.1. The van der Waals surface area contributed by atoms with Crippen LogP contribution < -0.4 is 11.1 Å². The summed E-state index contributed by atoms with van der Waals surface area (Å²) in [5, 5.41) is 3.02. The van der Waals surface area contributed by atoms with Crippen molar-refractivity contribution in [3.63, 3.8) is 0 Å². The van der Waals surface area contributed by atoms with Crippen molar-refractivity contribution in [2.24, 2.45) is 10.7 Å². The molecule has 0 spiro atoms. The van der Waals surface area contributed by atoms with Crippen LogP contribution in [0.3, 0.4) is 0 Å². The molecule has 1 aliphatic rings. The van der Waals surface area contributed by atoms with Gasteiger partial charge in [0.1, 0.15) is 11.6 Å². The van der Waals surface area contributed by atoms with E-state index in [0.717, 1.165) is 11.3 Å². The Bertz CT molecular complexity index is 757. The molecule has 2 atom stereocenters. The minimum atomic E-state index is -0.520. The van der Waals surface area contributed by atoms with Gasteiger partial charge in [0.15, 0.2) is 5.96 Å². The van der Waals surface area contributed by atoms with Gasteiger partial charge in [0.2, 0.25) is 0 Å². The number of anilines is 1. The van der Waals surface area contributed by atoms with Crippen LogP contribution in [0.1, 0.15) is 29.0 Å². The molecule has 2 aromatic carbocycles. The van der Waals surface area contributed by atoms with E-state index in [4.69, 9.17) is 5.73 Å². The summed E-state index contributed by atoms with van der Waals surface area (Å²) in [6.07, 6.45) is 0.604. The Kier molecular flexibility index (Phi) is 5.79. The lowest BCUT2D eigenvalue weighted by Crippen LogP contribution is -2.23. The Morgan fingerprint density at radius 1 is 1.12 bits per heavy atom. The average molecular weight is 443 g/mol. The maximum atomic E-state index is 13.7. The molecule has 6 heteroatoms. The molecule has 0 radical (unpaired) electrons. The third-order valence-electron chi connectivity index (χ3n) is 4.21. The van der Waals surface area contributed by atoms with E-state index in [-0.39, 0.29) is 47.5 Å². The molecular formula is C18H20F2IN3. The van der Waals surface area contributed by atoms with Crippen molar-refractivity contribution >= 4 is 35.6 Å². The number of guanidine groups is 1. The van der Waals surface area contributed by atoms with E-state index >= 15 is 0 Å². The molecule has 128 valence electrons. The molecule has 2 aromatic rings. The molecule has 0 saturated heterocycles. The van der Waals surface area contributed by atoms with Gasteiger partial charge >= 0.3 is 0 Å². The molecule has 0 heterocycles. The number of benzene rings is 2. The van der Waals surface area contributed by atoms with Gasteiger partial charge in [-0.2, -0.15) is 0 Å². The number of rotatable bonds is 3. The number of hydrogen-bond acceptors (Lipinski definition) is 1. The lowest BCUT2D eigenvalue weighted by molar-refractivity contribution is 0.555. The average Bonchev–Trinajstić information content (AvgIpc) is 3.21. The zero-order valence-corrected chi connectivity index (χ0v) is 15.8. The SMILES string of the molecule is Cc1ccc(NC(N)=NC2CC2c2c(F)cccc2F)cc1C.I. The highest BCUT2D eigenvalue weighted by Crippen LogP contribution is 2.45. The van der Waals surface area contributed by atoms with Crippen molar-refractivity contribution in [2.45, 2.75) is 32.2 Å². The van der Waals surface area contributed by atoms with Crippen LogP contribution in [0.5, 0.6) is 0 Å². The van der Waals surface area contributed by atoms with Crippen molar-refractivity contribution in [1.82, 2.24) is 0 Å². The topological polar surface area (TPSA) is 50.4 Å². The highest BCUT2D eigenvalue weighted by Gasteiger charge is 2.42. The molecule has 24 heavy (non-hydrogen) atoms. The Labute approximate surface area is 157 Å². The third kappa shape index (κ3) is 4.03. The molecule has 3 N–H and O–H groups in total. The highest BCUT2D eigenvalue weighted by atomic mass is 127. The van der Waals surface area contributed by atoms with Crippen LogP contribution in [0.2, 0.25) is 0 Å². The molecule has 3 nitrogen and oxygen atoms in total. The monoisotopic (exact) mass is 443 g/mol. The minimum absolute atomic E-state index is 0. The minimum Gasteiger partial charge on any atom is -0.370 e. The van der Waals surface area contributed by atoms with Gasteiger partial charge in [-0.05, 0) is 55.7 Å². The van der Waals surface area contributed by atoms with E-state index in [9.17, 15) is 8.78 Å². The number of aryl methyl sites for hydroxylation is 2. The van der Waals surface area contributed by atoms with E-state index in [0.29, 0.717) is 6.42 Å². The molecule has 1 aliphatic carbocycles. The molecular weight excluding hydrogens is 423 g/mol. The summed E-state index contributed by atoms with van der Waals surface area (Å²) >= 11 is 0. The van der Waals surface area contributed by atoms with E-state index in [2.05, 4.69) is 10.3 Å². The molecule has 0 aromatic heterocycles. The van der Waals surface area contributed by atoms with Crippen LogP contribution in [-0.4, -0.2) is 12.0 Å². The maximum Gasteiger partial charge on any atom is 0.193 e. The molecule has 2 unspecified atom stereocenters. The summed E-state index contributed by atoms with van der Waals surface area (Å²) in [4.78, 5) is 4.33. The number of hydrogen-bond donors (Lipinski definition) is 2. The Hall–Kier alpha value is -1.70. The maximum absolute atomic E-state index is 13.7. The van der Waals surface area contributed by atoms with Crippen LogP contribution in [0, 0.1) is 25.5 Å². The molecule has 0 aliphatic heterocycles. The van der Waals surface area contributed by atoms with Crippen LogP contribution >= 0.6 is 24.0 Å². The van der Waals surface area contributed by atoms with E-state index in [1.54, 1.807) is 0 Å². The first-order valence-electron chi connectivity index (χ1n) is 7.57. The lowest BCUT2D eigenvalue weighted by Gasteiger charge is -2.08. The van der Waals surface area contributed by atoms with Crippen LogP contribution in [0.15, 0.2) is 41.4 Å². The second kappa shape index (κ2) is 7.46. The quantitative estimate of drug-likeness (QED) is 0.418. The number of nitrogens with zero attached hydrogens (tertiary/aromatic N) is 1. The second-order valence-corrected chi connectivity index (χ2v) is 5.98. The van der Waals surface area contributed by atoms with Gasteiger partial charge in [0.05, 0.1) is 6.04 Å². The summed E-state index contributed by atoms with van der Waals surface area (Å²) < 4.78 is 27.5. The fourth-order valence-corrected chi connectivity index (χ4v) is 2.68. The second-order valence-electron chi connectivity index (χ2n) is 5.98. The Balaban J connectivity index is 0.00000208. The predicted octanol–water partition coefficient (Wildman–Crippen LogP) is 4.48. The van der Waals surface area contributed by atoms with Crippen molar-refractivity contribution < 1.29 is 8.78 Å². The van der Waals surface area contributed by atoms with Gasteiger partial charge in [-0.15, -0.1) is 24.0 Å². The van der Waals surface area contributed by atoms with E-state index in [1.807, 2.05) is 32.0 Å². The van der Waals surface area contributed by atoms with Crippen molar-refractivity contribution in [3.05, 3.63) is 64.7 Å². The zero-order chi connectivity index (χ0) is 16.6. The Morgan fingerprint density at radius 2 is 1.79 bits per heavy atom. The smallest absolute Gasteiger partial charge is 0.193 e. The van der Waals surface area contributed by atoms with Crippen molar-refractivity contribution in [1.29, 1.82) is 0 Å². The number of halogens is 3. The van der Waals surface area contributed by atoms with Gasteiger partial charge in [0.25, 0.3) is 0 Å². The summed E-state index contributed by atoms with van der Waals surface area (Å²) in [6, 6.07) is 9.64. The van der Waals surface area contributed by atoms with Crippen LogP contribution in [-0.2, 0) is 0 Å². The number of nitrogens with one attached hydrogen (secondary N) is 1. The van der Waals surface area contributed by atoms with Crippen LogP contribution in [0.4, 0.5) is 14.5 Å². The standard InChI is InChI=1S/C18H19F2N3.HI/c1-10-6-7-12(8-11(10)2)22-18(21)23-16-9-13(16)17-14(19)4-3-5-15(17)20;/h3-8,13,16H,9H2,1-2H3,(H3,21,22,23);1H. The van der Waals surface area contributed by atoms with Gasteiger partial charge in [0, 0.05) is 17.2 Å². The van der Waals surface area contributed by atoms with Gasteiger partial charge in [-0.25, -0.2) is 13.8 Å². The largest absolute Gasteiger partial charge is 0.370 e. The molecule has 0 bridgehead atoms. The highest BCUT2D eigenvalue weighted by molar-refractivity contribution is 14.0. The summed E-state index contributed by atoms with van der Waals surface area (Å²) in [5.41, 5.74) is 9.22. The fraction of sp³-hybridized carbons (Fsp3) is 0.278. The number of aliphatic imine (C=N–C) groups is 1. The summed E-state index contributed by atoms with van der Waals surface area (Å²) in [5.74, 6) is -1.02. The Morgan fingerprint density at radius 3 is 2.42 bits per heavy atom. The molecule has 1 fully saturated rings. The first kappa shape index (κ1) is 18.6. The van der Waals surface area contributed by atoms with E-state index < -0.39 is 11.6 Å². The molecule has 3 rings (SSSR count). The van der Waals surface area contributed by atoms with Gasteiger partial charge in [-0.3, -0.25) is 0 Å². The van der Waals surface area contributed by atoms with Crippen molar-refractivity contribution in [3.8, 4) is 0 Å². The zero-order valence-electron chi connectivity index (χ0n) is 13.5.